The predicted octanol–water partition coefficient (Wildman–Crippen LogP) is 0.573. The molecule has 0 aliphatic carbocycles. The summed E-state index contributed by atoms with van der Waals surface area (Å²) < 4.78 is 45.1. The third-order valence-corrected chi connectivity index (χ3v) is 4.33. The molecule has 0 aliphatic heterocycles. The Balaban J connectivity index is 2.54. The van der Waals surface area contributed by atoms with Gasteiger partial charge < -0.3 is 15.4 Å². The molecule has 0 amide bonds. The zero-order valence-electron chi connectivity index (χ0n) is 12.5. The third-order valence-electron chi connectivity index (χ3n) is 2.89. The van der Waals surface area contributed by atoms with E-state index in [-0.39, 0.29) is 29.3 Å². The van der Waals surface area contributed by atoms with Crippen LogP contribution >= 0.6 is 0 Å². The topological polar surface area (TPSA) is 84.7 Å². The second-order valence-corrected chi connectivity index (χ2v) is 6.70. The first-order valence-corrected chi connectivity index (χ1v) is 8.00. The molecule has 0 saturated heterocycles. The first-order chi connectivity index (χ1) is 9.74. The molecule has 3 N–H and O–H groups in total. The van der Waals surface area contributed by atoms with Crippen molar-refractivity contribution in [3.63, 3.8) is 0 Å². The molecule has 120 valence electrons. The summed E-state index contributed by atoms with van der Waals surface area (Å²) in [6.45, 7) is 3.13. The molecule has 0 aliphatic rings. The Hall–Kier alpha value is -1.22. The molecule has 21 heavy (non-hydrogen) atoms. The largest absolute Gasteiger partial charge is 0.398 e. The molecule has 6 nitrogen and oxygen atoms in total. The quantitative estimate of drug-likeness (QED) is 0.541. The maximum atomic E-state index is 13.5. The average molecular weight is 319 g/mol. The van der Waals surface area contributed by atoms with Crippen LogP contribution in [0.15, 0.2) is 17.0 Å². The van der Waals surface area contributed by atoms with E-state index in [4.69, 9.17) is 10.5 Å². The smallest absolute Gasteiger partial charge is 0.240 e. The highest BCUT2D eigenvalue weighted by Crippen LogP contribution is 2.20. The number of nitrogens with two attached hydrogens (primary N) is 1. The van der Waals surface area contributed by atoms with Crippen LogP contribution in [0.25, 0.3) is 0 Å². The maximum Gasteiger partial charge on any atom is 0.240 e. The van der Waals surface area contributed by atoms with Crippen LogP contribution in [-0.2, 0) is 14.8 Å². The summed E-state index contributed by atoms with van der Waals surface area (Å²) in [4.78, 5) is 1.78. The number of ether oxygens (including phenoxy) is 1. The first kappa shape index (κ1) is 17.8. The van der Waals surface area contributed by atoms with Crippen LogP contribution in [0.1, 0.15) is 5.56 Å². The van der Waals surface area contributed by atoms with Gasteiger partial charge in [0.2, 0.25) is 10.0 Å². The van der Waals surface area contributed by atoms with Crippen molar-refractivity contribution in [3.05, 3.63) is 23.5 Å². The van der Waals surface area contributed by atoms with Gasteiger partial charge in [-0.2, -0.15) is 0 Å². The highest BCUT2D eigenvalue weighted by Gasteiger charge is 2.16. The Morgan fingerprint density at radius 3 is 2.57 bits per heavy atom. The van der Waals surface area contributed by atoms with Crippen molar-refractivity contribution in [2.24, 2.45) is 0 Å². The van der Waals surface area contributed by atoms with Crippen LogP contribution < -0.4 is 10.5 Å². The van der Waals surface area contributed by atoms with Crippen LogP contribution in [0.3, 0.4) is 0 Å². The molecule has 1 aromatic rings. The van der Waals surface area contributed by atoms with Crippen LogP contribution in [0.2, 0.25) is 0 Å². The number of sulfonamides is 1. The lowest BCUT2D eigenvalue weighted by atomic mass is 10.2. The van der Waals surface area contributed by atoms with Crippen molar-refractivity contribution >= 4 is 15.7 Å². The number of nitrogens with zero attached hydrogens (tertiary/aromatic N) is 1. The number of halogens is 1. The second kappa shape index (κ2) is 7.69. The lowest BCUT2D eigenvalue weighted by Crippen LogP contribution is -2.28. The van der Waals surface area contributed by atoms with Crippen molar-refractivity contribution in [1.29, 1.82) is 0 Å². The molecule has 1 rings (SSSR count). The van der Waals surface area contributed by atoms with Gasteiger partial charge in [-0.15, -0.1) is 0 Å². The normalized spacial score (nSPS) is 12.0. The van der Waals surface area contributed by atoms with E-state index in [0.717, 1.165) is 12.6 Å². The fourth-order valence-corrected chi connectivity index (χ4v) is 2.57. The SMILES string of the molecule is Cc1c(N)cc(S(=O)(=O)NCCOCCN(C)C)cc1F. The minimum atomic E-state index is -3.79. The Bertz CT molecular complexity index is 553. The molecule has 0 atom stereocenters. The summed E-state index contributed by atoms with van der Waals surface area (Å²) in [7, 11) is 0.0521. The molecule has 0 fully saturated rings. The fraction of sp³-hybridized carbons (Fsp3) is 0.538. The molecule has 1 aromatic carbocycles. The number of rotatable bonds is 8. The van der Waals surface area contributed by atoms with E-state index >= 15 is 0 Å². The third kappa shape index (κ3) is 5.58. The van der Waals surface area contributed by atoms with Crippen molar-refractivity contribution in [3.8, 4) is 0 Å². The van der Waals surface area contributed by atoms with E-state index in [9.17, 15) is 12.8 Å². The molecule has 0 saturated carbocycles. The number of nitrogens with one attached hydrogen (secondary N) is 1. The standard InChI is InChI=1S/C13H22FN3O3S/c1-10-12(14)8-11(9-13(10)15)21(18,19)16-4-6-20-7-5-17(2)3/h8-9,16H,4-7,15H2,1-3H3. The van der Waals surface area contributed by atoms with Gasteiger partial charge in [-0.1, -0.05) is 0 Å². The van der Waals surface area contributed by atoms with Gasteiger partial charge in [0.05, 0.1) is 18.1 Å². The minimum Gasteiger partial charge on any atom is -0.398 e. The van der Waals surface area contributed by atoms with Crippen LogP contribution in [0.4, 0.5) is 10.1 Å². The van der Waals surface area contributed by atoms with Gasteiger partial charge >= 0.3 is 0 Å². The van der Waals surface area contributed by atoms with E-state index in [1.54, 1.807) is 0 Å². The Labute approximate surface area is 125 Å². The highest BCUT2D eigenvalue weighted by molar-refractivity contribution is 7.89. The average Bonchev–Trinajstić information content (AvgIpc) is 2.39. The lowest BCUT2D eigenvalue weighted by molar-refractivity contribution is 0.122. The van der Waals surface area contributed by atoms with Crippen molar-refractivity contribution in [2.75, 3.05) is 46.1 Å². The first-order valence-electron chi connectivity index (χ1n) is 6.52. The van der Waals surface area contributed by atoms with Gasteiger partial charge in [-0.25, -0.2) is 17.5 Å². The fourth-order valence-electron chi connectivity index (χ4n) is 1.51. The number of anilines is 1. The zero-order valence-corrected chi connectivity index (χ0v) is 13.3. The summed E-state index contributed by atoms with van der Waals surface area (Å²) in [5.41, 5.74) is 5.93. The van der Waals surface area contributed by atoms with Crippen LogP contribution in [0.5, 0.6) is 0 Å². The van der Waals surface area contributed by atoms with Crippen LogP contribution in [0, 0.1) is 12.7 Å². The molecule has 0 heterocycles. The number of hydrogen-bond donors (Lipinski definition) is 2. The van der Waals surface area contributed by atoms with E-state index in [1.807, 2.05) is 19.0 Å². The number of benzene rings is 1. The van der Waals surface area contributed by atoms with Crippen LogP contribution in [-0.4, -0.2) is 53.7 Å². The lowest BCUT2D eigenvalue weighted by Gasteiger charge is -2.11. The molecular weight excluding hydrogens is 297 g/mol. The van der Waals surface area contributed by atoms with Gasteiger partial charge in [0, 0.05) is 24.3 Å². The Morgan fingerprint density at radius 1 is 1.33 bits per heavy atom. The van der Waals surface area contributed by atoms with Crippen molar-refractivity contribution in [2.45, 2.75) is 11.8 Å². The van der Waals surface area contributed by atoms with Gasteiger partial charge in [0.1, 0.15) is 5.82 Å². The summed E-state index contributed by atoms with van der Waals surface area (Å²) in [5, 5.41) is 0. The van der Waals surface area contributed by atoms with Crippen molar-refractivity contribution < 1.29 is 17.5 Å². The summed E-state index contributed by atoms with van der Waals surface area (Å²) in [6.07, 6.45) is 0. The van der Waals surface area contributed by atoms with Crippen molar-refractivity contribution in [1.82, 2.24) is 9.62 Å². The molecule has 0 spiro atoms. The van der Waals surface area contributed by atoms with E-state index in [0.29, 0.717) is 6.61 Å². The zero-order chi connectivity index (χ0) is 16.0. The van der Waals surface area contributed by atoms with E-state index < -0.39 is 15.8 Å². The van der Waals surface area contributed by atoms with Gasteiger partial charge in [-0.05, 0) is 33.2 Å². The predicted molar refractivity (Wildman–Crippen MR) is 80.1 cm³/mol. The number of likely N-dealkylation sites (N-methyl/N-ethyl adjacent to an activating group) is 1. The molecule has 0 aromatic heterocycles. The Kier molecular flexibility index (Phi) is 6.53. The summed E-state index contributed by atoms with van der Waals surface area (Å²) in [6, 6.07) is 2.20. The van der Waals surface area contributed by atoms with Gasteiger partial charge in [0.25, 0.3) is 0 Å². The maximum absolute atomic E-state index is 13.5. The van der Waals surface area contributed by atoms with E-state index in [2.05, 4.69) is 4.72 Å². The van der Waals surface area contributed by atoms with E-state index in [1.165, 1.54) is 13.0 Å². The molecule has 8 heteroatoms. The molecule has 0 unspecified atom stereocenters. The summed E-state index contributed by atoms with van der Waals surface area (Å²) >= 11 is 0. The minimum absolute atomic E-state index is 0.109. The van der Waals surface area contributed by atoms with Gasteiger partial charge in [0.15, 0.2) is 0 Å². The van der Waals surface area contributed by atoms with Gasteiger partial charge in [-0.3, -0.25) is 0 Å². The molecule has 0 bridgehead atoms. The number of hydrogen-bond acceptors (Lipinski definition) is 5. The second-order valence-electron chi connectivity index (χ2n) is 4.93. The Morgan fingerprint density at radius 2 is 2.00 bits per heavy atom. The monoisotopic (exact) mass is 319 g/mol. The molecular formula is C13H22FN3O3S. The number of nitrogen functional groups attached to an aromatic ring is 1. The summed E-state index contributed by atoms with van der Waals surface area (Å²) in [5.74, 6) is -0.641. The highest BCUT2D eigenvalue weighted by atomic mass is 32.2. The molecule has 0 radical (unpaired) electrons.